The summed E-state index contributed by atoms with van der Waals surface area (Å²) < 4.78 is 18.2. The van der Waals surface area contributed by atoms with Crippen LogP contribution in [0.2, 0.25) is 0 Å². The Morgan fingerprint density at radius 2 is 2.05 bits per heavy atom. The Bertz CT molecular complexity index is 413. The highest BCUT2D eigenvalue weighted by Crippen LogP contribution is 2.11. The number of rotatable bonds is 8. The summed E-state index contributed by atoms with van der Waals surface area (Å²) in [5.41, 5.74) is 0. The van der Waals surface area contributed by atoms with Crippen LogP contribution < -0.4 is 15.4 Å². The van der Waals surface area contributed by atoms with Crippen LogP contribution in [0.4, 0.5) is 9.18 Å². The summed E-state index contributed by atoms with van der Waals surface area (Å²) in [6.45, 7) is 2.24. The molecule has 112 valence electrons. The predicted molar refractivity (Wildman–Crippen MR) is 76.5 cm³/mol. The lowest BCUT2D eigenvalue weighted by Crippen LogP contribution is -2.38. The average molecular weight is 283 g/mol. The molecule has 0 aromatic heterocycles. The maximum Gasteiger partial charge on any atom is 0.314 e. The highest BCUT2D eigenvalue weighted by Gasteiger charge is 2.00. The van der Waals surface area contributed by atoms with Gasteiger partial charge in [-0.2, -0.15) is 0 Å². The first-order valence-electron chi connectivity index (χ1n) is 6.63. The van der Waals surface area contributed by atoms with Crippen LogP contribution in [-0.2, 0) is 0 Å². The number of ether oxygens (including phenoxy) is 1. The molecular weight excluding hydrogens is 261 g/mol. The summed E-state index contributed by atoms with van der Waals surface area (Å²) in [5, 5.41) is 5.43. The number of urea groups is 1. The molecule has 2 amide bonds. The van der Waals surface area contributed by atoms with Crippen LogP contribution in [-0.4, -0.2) is 51.3 Å². The minimum absolute atomic E-state index is 0.216. The fourth-order valence-corrected chi connectivity index (χ4v) is 1.55. The van der Waals surface area contributed by atoms with Crippen molar-refractivity contribution in [2.75, 3.05) is 40.3 Å². The average Bonchev–Trinajstić information content (AvgIpc) is 2.40. The van der Waals surface area contributed by atoms with E-state index >= 15 is 0 Å². The van der Waals surface area contributed by atoms with Gasteiger partial charge in [0.05, 0.1) is 6.54 Å². The number of nitrogens with zero attached hydrogens (tertiary/aromatic N) is 1. The molecule has 5 nitrogen and oxygen atoms in total. The highest BCUT2D eigenvalue weighted by molar-refractivity contribution is 5.73. The molecule has 0 heterocycles. The van der Waals surface area contributed by atoms with Crippen molar-refractivity contribution in [3.63, 3.8) is 0 Å². The molecule has 0 radical (unpaired) electrons. The summed E-state index contributed by atoms with van der Waals surface area (Å²) in [7, 11) is 3.98. The summed E-state index contributed by atoms with van der Waals surface area (Å²) in [6.07, 6.45) is 0.903. The number of amides is 2. The lowest BCUT2D eigenvalue weighted by atomic mass is 10.3. The maximum absolute atomic E-state index is 12.9. The van der Waals surface area contributed by atoms with Gasteiger partial charge in [0.15, 0.2) is 0 Å². The fourth-order valence-electron chi connectivity index (χ4n) is 1.55. The molecule has 0 atom stereocenters. The summed E-state index contributed by atoms with van der Waals surface area (Å²) in [6, 6.07) is 5.69. The molecule has 1 aromatic carbocycles. The zero-order chi connectivity index (χ0) is 14.8. The molecule has 0 spiro atoms. The first kappa shape index (κ1) is 16.2. The number of hydrogen-bond donors (Lipinski definition) is 2. The number of carbonyl (C=O) groups excluding carboxylic acids is 1. The van der Waals surface area contributed by atoms with E-state index < -0.39 is 0 Å². The molecule has 0 saturated carbocycles. The summed E-state index contributed by atoms with van der Waals surface area (Å²) in [4.78, 5) is 13.5. The minimum atomic E-state index is -0.339. The second kappa shape index (κ2) is 9.14. The van der Waals surface area contributed by atoms with Crippen molar-refractivity contribution in [3.8, 4) is 5.75 Å². The van der Waals surface area contributed by atoms with E-state index in [1.54, 1.807) is 12.1 Å². The van der Waals surface area contributed by atoms with Gasteiger partial charge in [0.25, 0.3) is 0 Å². The van der Waals surface area contributed by atoms with Crippen LogP contribution >= 0.6 is 0 Å². The standard InChI is InChI=1S/C14H22FN3O2/c1-18(2)9-4-7-16-14(19)17-8-10-20-13-6-3-5-12(15)11-13/h3,5-6,11H,4,7-10H2,1-2H3,(H2,16,17,19). The molecule has 1 aromatic rings. The topological polar surface area (TPSA) is 53.6 Å². The predicted octanol–water partition coefficient (Wildman–Crippen LogP) is 1.46. The van der Waals surface area contributed by atoms with Gasteiger partial charge in [0, 0.05) is 12.6 Å². The molecule has 6 heteroatoms. The van der Waals surface area contributed by atoms with Crippen LogP contribution in [0.25, 0.3) is 0 Å². The van der Waals surface area contributed by atoms with Gasteiger partial charge < -0.3 is 20.3 Å². The second-order valence-corrected chi connectivity index (χ2v) is 4.65. The Labute approximate surface area is 119 Å². The van der Waals surface area contributed by atoms with E-state index in [9.17, 15) is 9.18 Å². The molecular formula is C14H22FN3O2. The molecule has 2 N–H and O–H groups in total. The third-order valence-electron chi connectivity index (χ3n) is 2.52. The van der Waals surface area contributed by atoms with Gasteiger partial charge in [-0.05, 0) is 39.2 Å². The number of halogens is 1. The van der Waals surface area contributed by atoms with Crippen LogP contribution in [0.15, 0.2) is 24.3 Å². The van der Waals surface area contributed by atoms with Crippen molar-refractivity contribution < 1.29 is 13.9 Å². The molecule has 0 aliphatic heterocycles. The van der Waals surface area contributed by atoms with E-state index in [4.69, 9.17) is 4.74 Å². The zero-order valence-electron chi connectivity index (χ0n) is 12.0. The lowest BCUT2D eigenvalue weighted by molar-refractivity contribution is 0.235. The molecule has 0 unspecified atom stereocenters. The van der Waals surface area contributed by atoms with Gasteiger partial charge >= 0.3 is 6.03 Å². The molecule has 0 aliphatic rings. The van der Waals surface area contributed by atoms with Crippen LogP contribution in [0, 0.1) is 5.82 Å². The molecule has 0 saturated heterocycles. The van der Waals surface area contributed by atoms with Crippen molar-refractivity contribution in [1.82, 2.24) is 15.5 Å². The molecule has 0 bridgehead atoms. The van der Waals surface area contributed by atoms with E-state index in [0.717, 1.165) is 13.0 Å². The van der Waals surface area contributed by atoms with Gasteiger partial charge in [-0.25, -0.2) is 9.18 Å². The summed E-state index contributed by atoms with van der Waals surface area (Å²) >= 11 is 0. The van der Waals surface area contributed by atoms with Gasteiger partial charge in [-0.15, -0.1) is 0 Å². The second-order valence-electron chi connectivity index (χ2n) is 4.65. The molecule has 20 heavy (non-hydrogen) atoms. The van der Waals surface area contributed by atoms with E-state index in [2.05, 4.69) is 15.5 Å². The zero-order valence-corrected chi connectivity index (χ0v) is 12.0. The largest absolute Gasteiger partial charge is 0.492 e. The Morgan fingerprint density at radius 3 is 2.75 bits per heavy atom. The van der Waals surface area contributed by atoms with Crippen molar-refractivity contribution in [3.05, 3.63) is 30.1 Å². The Hall–Kier alpha value is -1.82. The molecule has 0 fully saturated rings. The van der Waals surface area contributed by atoms with Gasteiger partial charge in [0.2, 0.25) is 0 Å². The van der Waals surface area contributed by atoms with Crippen molar-refractivity contribution >= 4 is 6.03 Å². The summed E-state index contributed by atoms with van der Waals surface area (Å²) in [5.74, 6) is 0.118. The fraction of sp³-hybridized carbons (Fsp3) is 0.500. The third kappa shape index (κ3) is 7.58. The lowest BCUT2D eigenvalue weighted by Gasteiger charge is -2.11. The first-order chi connectivity index (χ1) is 9.58. The van der Waals surface area contributed by atoms with Crippen molar-refractivity contribution in [2.24, 2.45) is 0 Å². The van der Waals surface area contributed by atoms with Crippen LogP contribution in [0.3, 0.4) is 0 Å². The number of nitrogens with one attached hydrogen (secondary N) is 2. The van der Waals surface area contributed by atoms with Gasteiger partial charge in [-0.3, -0.25) is 0 Å². The Balaban J connectivity index is 2.04. The number of hydrogen-bond acceptors (Lipinski definition) is 3. The Morgan fingerprint density at radius 1 is 1.30 bits per heavy atom. The normalized spacial score (nSPS) is 10.4. The SMILES string of the molecule is CN(C)CCCNC(=O)NCCOc1cccc(F)c1. The number of benzene rings is 1. The quantitative estimate of drug-likeness (QED) is 0.710. The smallest absolute Gasteiger partial charge is 0.314 e. The van der Waals surface area contributed by atoms with E-state index in [1.165, 1.54) is 12.1 Å². The molecule has 1 rings (SSSR count). The van der Waals surface area contributed by atoms with Crippen LogP contribution in [0.1, 0.15) is 6.42 Å². The van der Waals surface area contributed by atoms with Crippen molar-refractivity contribution in [1.29, 1.82) is 0 Å². The first-order valence-corrected chi connectivity index (χ1v) is 6.63. The highest BCUT2D eigenvalue weighted by atomic mass is 19.1. The van der Waals surface area contributed by atoms with E-state index in [1.807, 2.05) is 14.1 Å². The monoisotopic (exact) mass is 283 g/mol. The van der Waals surface area contributed by atoms with Gasteiger partial charge in [-0.1, -0.05) is 6.07 Å². The maximum atomic E-state index is 12.9. The Kier molecular flexibility index (Phi) is 7.42. The number of carbonyl (C=O) groups is 1. The third-order valence-corrected chi connectivity index (χ3v) is 2.52. The van der Waals surface area contributed by atoms with Crippen molar-refractivity contribution in [2.45, 2.75) is 6.42 Å². The van der Waals surface area contributed by atoms with E-state index in [-0.39, 0.29) is 11.8 Å². The van der Waals surface area contributed by atoms with Crippen LogP contribution in [0.5, 0.6) is 5.75 Å². The van der Waals surface area contributed by atoms with E-state index in [0.29, 0.717) is 25.4 Å². The van der Waals surface area contributed by atoms with Gasteiger partial charge in [0.1, 0.15) is 18.2 Å². The molecule has 0 aliphatic carbocycles. The minimum Gasteiger partial charge on any atom is -0.492 e.